The minimum atomic E-state index is -0.0900. The molecule has 0 heterocycles. The average Bonchev–Trinajstić information content (AvgIpc) is 2.01. The first-order valence-electron chi connectivity index (χ1n) is 4.53. The van der Waals surface area contributed by atoms with Crippen molar-refractivity contribution in [1.82, 2.24) is 5.32 Å². The van der Waals surface area contributed by atoms with E-state index in [9.17, 15) is 4.79 Å². The summed E-state index contributed by atoms with van der Waals surface area (Å²) in [7, 11) is 0. The quantitative estimate of drug-likeness (QED) is 0.644. The fourth-order valence-corrected chi connectivity index (χ4v) is 0.829. The van der Waals surface area contributed by atoms with Gasteiger partial charge in [-0.25, -0.2) is 0 Å². The summed E-state index contributed by atoms with van der Waals surface area (Å²) < 4.78 is 0. The van der Waals surface area contributed by atoms with Crippen LogP contribution in [0.4, 0.5) is 0 Å². The molecule has 0 aliphatic rings. The van der Waals surface area contributed by atoms with E-state index in [0.29, 0.717) is 0 Å². The van der Waals surface area contributed by atoms with E-state index >= 15 is 0 Å². The number of carbonyl (C=O) groups is 1. The van der Waals surface area contributed by atoms with Gasteiger partial charge in [0, 0.05) is 18.7 Å². The SMILES string of the molecule is CC(C)=CC(=O)NC(C)C(C)CO. The van der Waals surface area contributed by atoms with E-state index in [1.165, 1.54) is 0 Å². The Morgan fingerprint density at radius 1 is 1.46 bits per heavy atom. The smallest absolute Gasteiger partial charge is 0.244 e. The van der Waals surface area contributed by atoms with Gasteiger partial charge in [0.2, 0.25) is 5.91 Å². The summed E-state index contributed by atoms with van der Waals surface area (Å²) in [5.74, 6) is 0.00214. The Morgan fingerprint density at radius 2 is 2.00 bits per heavy atom. The fourth-order valence-electron chi connectivity index (χ4n) is 0.829. The van der Waals surface area contributed by atoms with Crippen LogP contribution < -0.4 is 5.32 Å². The molecular weight excluding hydrogens is 166 g/mol. The molecule has 0 rings (SSSR count). The van der Waals surface area contributed by atoms with Gasteiger partial charge in [0.25, 0.3) is 0 Å². The molecule has 2 N–H and O–H groups in total. The van der Waals surface area contributed by atoms with Gasteiger partial charge < -0.3 is 10.4 Å². The molecule has 0 fully saturated rings. The van der Waals surface area contributed by atoms with Crippen molar-refractivity contribution in [2.75, 3.05) is 6.61 Å². The summed E-state index contributed by atoms with van der Waals surface area (Å²) >= 11 is 0. The van der Waals surface area contributed by atoms with Crippen LogP contribution in [0.3, 0.4) is 0 Å². The molecule has 0 bridgehead atoms. The van der Waals surface area contributed by atoms with E-state index in [1.807, 2.05) is 27.7 Å². The zero-order valence-electron chi connectivity index (χ0n) is 8.79. The summed E-state index contributed by atoms with van der Waals surface area (Å²) in [6.45, 7) is 7.63. The summed E-state index contributed by atoms with van der Waals surface area (Å²) in [6.07, 6.45) is 1.56. The first-order valence-corrected chi connectivity index (χ1v) is 4.53. The van der Waals surface area contributed by atoms with Gasteiger partial charge in [-0.1, -0.05) is 12.5 Å². The molecule has 0 aliphatic carbocycles. The number of aliphatic hydroxyl groups is 1. The number of amides is 1. The number of nitrogens with one attached hydrogen (secondary N) is 1. The Labute approximate surface area is 79.8 Å². The lowest BCUT2D eigenvalue weighted by molar-refractivity contribution is -0.117. The van der Waals surface area contributed by atoms with Gasteiger partial charge in [0.1, 0.15) is 0 Å². The zero-order valence-corrected chi connectivity index (χ0v) is 8.79. The lowest BCUT2D eigenvalue weighted by Crippen LogP contribution is -2.37. The van der Waals surface area contributed by atoms with Crippen LogP contribution >= 0.6 is 0 Å². The number of hydrogen-bond donors (Lipinski definition) is 2. The van der Waals surface area contributed by atoms with Crippen molar-refractivity contribution in [2.24, 2.45) is 5.92 Å². The maximum Gasteiger partial charge on any atom is 0.244 e. The van der Waals surface area contributed by atoms with Gasteiger partial charge in [0.15, 0.2) is 0 Å². The van der Waals surface area contributed by atoms with E-state index in [-0.39, 0.29) is 24.5 Å². The first kappa shape index (κ1) is 12.2. The third-order valence-corrected chi connectivity index (χ3v) is 1.93. The molecule has 13 heavy (non-hydrogen) atoms. The van der Waals surface area contributed by atoms with Crippen LogP contribution in [0.25, 0.3) is 0 Å². The molecule has 1 amide bonds. The average molecular weight is 185 g/mol. The Bertz CT molecular complexity index is 195. The monoisotopic (exact) mass is 185 g/mol. The molecule has 3 nitrogen and oxygen atoms in total. The van der Waals surface area contributed by atoms with Gasteiger partial charge in [0.05, 0.1) is 0 Å². The Kier molecular flexibility index (Phi) is 5.39. The Balaban J connectivity index is 3.99. The predicted molar refractivity (Wildman–Crippen MR) is 53.3 cm³/mol. The first-order chi connectivity index (χ1) is 5.97. The molecule has 3 heteroatoms. The van der Waals surface area contributed by atoms with Crippen LogP contribution in [0.15, 0.2) is 11.6 Å². The van der Waals surface area contributed by atoms with Crippen molar-refractivity contribution < 1.29 is 9.90 Å². The van der Waals surface area contributed by atoms with E-state index in [1.54, 1.807) is 6.08 Å². The maximum atomic E-state index is 11.2. The van der Waals surface area contributed by atoms with Gasteiger partial charge in [-0.15, -0.1) is 0 Å². The standard InChI is InChI=1S/C10H19NO2/c1-7(2)5-10(13)11-9(4)8(3)6-12/h5,8-9,12H,6H2,1-4H3,(H,11,13). The molecule has 0 aromatic rings. The van der Waals surface area contributed by atoms with Crippen molar-refractivity contribution in [3.8, 4) is 0 Å². The normalized spacial score (nSPS) is 14.5. The van der Waals surface area contributed by atoms with Crippen molar-refractivity contribution in [3.63, 3.8) is 0 Å². The molecule has 2 unspecified atom stereocenters. The van der Waals surface area contributed by atoms with Gasteiger partial charge in [-0.05, 0) is 26.7 Å². The number of rotatable bonds is 4. The highest BCUT2D eigenvalue weighted by molar-refractivity contribution is 5.88. The van der Waals surface area contributed by atoms with Gasteiger partial charge >= 0.3 is 0 Å². The minimum Gasteiger partial charge on any atom is -0.396 e. The lowest BCUT2D eigenvalue weighted by Gasteiger charge is -2.18. The van der Waals surface area contributed by atoms with Gasteiger partial charge in [-0.2, -0.15) is 0 Å². The van der Waals surface area contributed by atoms with Crippen LogP contribution in [-0.2, 0) is 4.79 Å². The van der Waals surface area contributed by atoms with Crippen LogP contribution in [0.5, 0.6) is 0 Å². The fraction of sp³-hybridized carbons (Fsp3) is 0.700. The molecule has 0 aromatic carbocycles. The van der Waals surface area contributed by atoms with Crippen LogP contribution in [0.2, 0.25) is 0 Å². The highest BCUT2D eigenvalue weighted by Gasteiger charge is 2.11. The van der Waals surface area contributed by atoms with E-state index < -0.39 is 0 Å². The van der Waals surface area contributed by atoms with E-state index in [2.05, 4.69) is 5.32 Å². The predicted octanol–water partition coefficient (Wildman–Crippen LogP) is 1.09. The van der Waals surface area contributed by atoms with Crippen molar-refractivity contribution in [2.45, 2.75) is 33.7 Å². The number of allylic oxidation sites excluding steroid dienone is 1. The summed E-state index contributed by atoms with van der Waals surface area (Å²) in [6, 6.07) is 0.00750. The Hall–Kier alpha value is -0.830. The molecule has 0 spiro atoms. The van der Waals surface area contributed by atoms with Crippen molar-refractivity contribution in [3.05, 3.63) is 11.6 Å². The van der Waals surface area contributed by atoms with Crippen LogP contribution in [-0.4, -0.2) is 23.7 Å². The highest BCUT2D eigenvalue weighted by atomic mass is 16.3. The molecule has 0 aromatic heterocycles. The van der Waals surface area contributed by atoms with Crippen molar-refractivity contribution in [1.29, 1.82) is 0 Å². The summed E-state index contributed by atoms with van der Waals surface area (Å²) in [5, 5.41) is 11.6. The molecule has 0 saturated carbocycles. The molecule has 0 radical (unpaired) electrons. The summed E-state index contributed by atoms with van der Waals surface area (Å²) in [4.78, 5) is 11.2. The molecule has 76 valence electrons. The van der Waals surface area contributed by atoms with Gasteiger partial charge in [-0.3, -0.25) is 4.79 Å². The number of carbonyl (C=O) groups excluding carboxylic acids is 1. The molecule has 0 aliphatic heterocycles. The zero-order chi connectivity index (χ0) is 10.4. The topological polar surface area (TPSA) is 49.3 Å². The minimum absolute atomic E-state index is 0.00750. The third kappa shape index (κ3) is 5.42. The Morgan fingerprint density at radius 3 is 2.38 bits per heavy atom. The second-order valence-corrected chi connectivity index (χ2v) is 3.68. The molecule has 2 atom stereocenters. The second-order valence-electron chi connectivity index (χ2n) is 3.68. The second kappa shape index (κ2) is 5.75. The van der Waals surface area contributed by atoms with Crippen LogP contribution in [0.1, 0.15) is 27.7 Å². The summed E-state index contributed by atoms with van der Waals surface area (Å²) in [5.41, 5.74) is 0.973. The number of hydrogen-bond acceptors (Lipinski definition) is 2. The maximum absolute atomic E-state index is 11.2. The lowest BCUT2D eigenvalue weighted by atomic mass is 10.1. The molecule has 0 saturated heterocycles. The van der Waals surface area contributed by atoms with Crippen molar-refractivity contribution >= 4 is 5.91 Å². The van der Waals surface area contributed by atoms with E-state index in [4.69, 9.17) is 5.11 Å². The highest BCUT2D eigenvalue weighted by Crippen LogP contribution is 2.00. The third-order valence-electron chi connectivity index (χ3n) is 1.93. The number of aliphatic hydroxyl groups excluding tert-OH is 1. The van der Waals surface area contributed by atoms with E-state index in [0.717, 1.165) is 5.57 Å². The van der Waals surface area contributed by atoms with Crippen LogP contribution in [0, 0.1) is 5.92 Å². The largest absolute Gasteiger partial charge is 0.396 e. The molecular formula is C10H19NO2.